The fraction of sp³-hybridized carbons (Fsp3) is 0.250. The predicted molar refractivity (Wildman–Crippen MR) is 119 cm³/mol. The molecule has 1 fully saturated rings. The molecule has 31 heavy (non-hydrogen) atoms. The monoisotopic (exact) mass is 415 g/mol. The molecule has 0 aliphatic carbocycles. The maximum atomic E-state index is 13.4. The fourth-order valence-corrected chi connectivity index (χ4v) is 3.71. The number of rotatable bonds is 6. The van der Waals surface area contributed by atoms with E-state index < -0.39 is 6.04 Å². The van der Waals surface area contributed by atoms with E-state index in [1.54, 1.807) is 24.5 Å². The predicted octanol–water partition coefficient (Wildman–Crippen LogP) is 2.17. The van der Waals surface area contributed by atoms with Crippen LogP contribution in [0, 0.1) is 0 Å². The Balaban J connectivity index is 1.45. The molecular weight excluding hydrogens is 390 g/mol. The van der Waals surface area contributed by atoms with E-state index in [0.717, 1.165) is 11.4 Å². The van der Waals surface area contributed by atoms with Crippen molar-refractivity contribution in [2.24, 2.45) is 0 Å². The zero-order valence-corrected chi connectivity index (χ0v) is 17.2. The number of piperazine rings is 1. The van der Waals surface area contributed by atoms with E-state index >= 15 is 0 Å². The summed E-state index contributed by atoms with van der Waals surface area (Å²) in [6, 6.07) is 18.3. The third-order valence-electron chi connectivity index (χ3n) is 5.37. The lowest BCUT2D eigenvalue weighted by Gasteiger charge is -2.37. The highest BCUT2D eigenvalue weighted by atomic mass is 16.2. The zero-order valence-electron chi connectivity index (χ0n) is 17.2. The van der Waals surface area contributed by atoms with Crippen LogP contribution in [0.3, 0.4) is 0 Å². The summed E-state index contributed by atoms with van der Waals surface area (Å²) >= 11 is 0. The molecule has 2 aromatic heterocycles. The largest absolute Gasteiger partial charge is 0.353 e. The first-order valence-electron chi connectivity index (χ1n) is 10.4. The number of aromatic nitrogens is 2. The Bertz CT molecular complexity index is 990. The number of nitrogens with zero attached hydrogens (tertiary/aromatic N) is 4. The molecule has 0 saturated carbocycles. The van der Waals surface area contributed by atoms with Crippen LogP contribution in [0.25, 0.3) is 0 Å². The third kappa shape index (κ3) is 5.25. The molecule has 2 amide bonds. The first kappa shape index (κ1) is 20.5. The first-order valence-corrected chi connectivity index (χ1v) is 10.4. The van der Waals surface area contributed by atoms with Gasteiger partial charge in [-0.1, -0.05) is 36.4 Å². The van der Waals surface area contributed by atoms with E-state index in [-0.39, 0.29) is 11.8 Å². The lowest BCUT2D eigenvalue weighted by Crippen LogP contribution is -2.55. The Labute approximate surface area is 181 Å². The van der Waals surface area contributed by atoms with Gasteiger partial charge in [0.1, 0.15) is 11.9 Å². The standard InChI is InChI=1S/C24H25N5O2/c30-23(20-9-6-11-25-18-20)27-21(17-19-7-2-1-3-8-19)24(31)29-15-13-28(14-16-29)22-10-4-5-12-26-22/h1-12,18,21H,13-17H2,(H,27,30)/t21-/m0/s1. The van der Waals surface area contributed by atoms with Gasteiger partial charge in [0.05, 0.1) is 5.56 Å². The number of anilines is 1. The number of hydrogen-bond donors (Lipinski definition) is 1. The topological polar surface area (TPSA) is 78.4 Å². The van der Waals surface area contributed by atoms with Crippen molar-refractivity contribution in [3.63, 3.8) is 0 Å². The molecule has 158 valence electrons. The van der Waals surface area contributed by atoms with Crippen LogP contribution in [-0.4, -0.2) is 58.9 Å². The quantitative estimate of drug-likeness (QED) is 0.668. The fourth-order valence-electron chi connectivity index (χ4n) is 3.71. The summed E-state index contributed by atoms with van der Waals surface area (Å²) in [4.78, 5) is 38.5. The van der Waals surface area contributed by atoms with Gasteiger partial charge in [-0.15, -0.1) is 0 Å². The minimum absolute atomic E-state index is 0.0678. The van der Waals surface area contributed by atoms with Gasteiger partial charge in [-0.05, 0) is 29.8 Å². The summed E-state index contributed by atoms with van der Waals surface area (Å²) in [6.45, 7) is 2.58. The Hall–Kier alpha value is -3.74. The molecule has 7 nitrogen and oxygen atoms in total. The summed E-state index contributed by atoms with van der Waals surface area (Å²) in [5.74, 6) is 0.552. The van der Waals surface area contributed by atoms with Gasteiger partial charge in [0.25, 0.3) is 5.91 Å². The average Bonchev–Trinajstić information content (AvgIpc) is 2.85. The lowest BCUT2D eigenvalue weighted by molar-refractivity contribution is -0.133. The number of pyridine rings is 2. The smallest absolute Gasteiger partial charge is 0.253 e. The van der Waals surface area contributed by atoms with Gasteiger partial charge in [0, 0.05) is 51.2 Å². The molecule has 1 atom stereocenters. The molecule has 1 aromatic carbocycles. The first-order chi connectivity index (χ1) is 15.2. The highest BCUT2D eigenvalue weighted by Gasteiger charge is 2.29. The second-order valence-electron chi connectivity index (χ2n) is 7.46. The zero-order chi connectivity index (χ0) is 21.5. The average molecular weight is 415 g/mol. The van der Waals surface area contributed by atoms with Crippen LogP contribution >= 0.6 is 0 Å². The minimum atomic E-state index is -0.642. The minimum Gasteiger partial charge on any atom is -0.353 e. The van der Waals surface area contributed by atoms with E-state index in [0.29, 0.717) is 38.2 Å². The third-order valence-corrected chi connectivity index (χ3v) is 5.37. The SMILES string of the molecule is O=C(N[C@@H](Cc1ccccc1)C(=O)N1CCN(c2ccccn2)CC1)c1cccnc1. The number of carbonyl (C=O) groups is 2. The van der Waals surface area contributed by atoms with Crippen molar-refractivity contribution in [2.45, 2.75) is 12.5 Å². The van der Waals surface area contributed by atoms with Crippen molar-refractivity contribution in [1.29, 1.82) is 0 Å². The van der Waals surface area contributed by atoms with Crippen LogP contribution in [0.4, 0.5) is 5.82 Å². The van der Waals surface area contributed by atoms with Gasteiger partial charge < -0.3 is 15.1 Å². The second kappa shape index (κ2) is 9.84. The number of hydrogen-bond acceptors (Lipinski definition) is 5. The molecule has 3 aromatic rings. The molecule has 0 radical (unpaired) electrons. The molecule has 1 N–H and O–H groups in total. The number of benzene rings is 1. The van der Waals surface area contributed by atoms with E-state index in [1.165, 1.54) is 6.20 Å². The van der Waals surface area contributed by atoms with E-state index in [4.69, 9.17) is 0 Å². The van der Waals surface area contributed by atoms with Crippen LogP contribution in [0.15, 0.2) is 79.3 Å². The van der Waals surface area contributed by atoms with Crippen molar-refractivity contribution in [1.82, 2.24) is 20.2 Å². The van der Waals surface area contributed by atoms with Crippen molar-refractivity contribution in [2.75, 3.05) is 31.1 Å². The molecule has 7 heteroatoms. The molecule has 0 bridgehead atoms. The Morgan fingerprint density at radius 3 is 2.35 bits per heavy atom. The maximum absolute atomic E-state index is 13.4. The number of carbonyl (C=O) groups excluding carboxylic acids is 2. The van der Waals surface area contributed by atoms with Gasteiger partial charge in [-0.3, -0.25) is 14.6 Å². The molecule has 0 unspecified atom stereocenters. The van der Waals surface area contributed by atoms with E-state index in [9.17, 15) is 9.59 Å². The van der Waals surface area contributed by atoms with Gasteiger partial charge in [0.2, 0.25) is 5.91 Å². The maximum Gasteiger partial charge on any atom is 0.253 e. The van der Waals surface area contributed by atoms with Crippen molar-refractivity contribution >= 4 is 17.6 Å². The molecular formula is C24H25N5O2. The molecule has 0 spiro atoms. The molecule has 1 aliphatic rings. The van der Waals surface area contributed by atoms with Crippen molar-refractivity contribution in [3.8, 4) is 0 Å². The van der Waals surface area contributed by atoms with Gasteiger partial charge in [-0.25, -0.2) is 4.98 Å². The van der Waals surface area contributed by atoms with E-state index in [2.05, 4.69) is 20.2 Å². The Morgan fingerprint density at radius 2 is 1.68 bits per heavy atom. The summed E-state index contributed by atoms with van der Waals surface area (Å²) in [5.41, 5.74) is 1.44. The number of amides is 2. The second-order valence-corrected chi connectivity index (χ2v) is 7.46. The molecule has 4 rings (SSSR count). The van der Waals surface area contributed by atoms with Crippen LogP contribution < -0.4 is 10.2 Å². The summed E-state index contributed by atoms with van der Waals surface area (Å²) in [5, 5.41) is 2.93. The van der Waals surface area contributed by atoms with Crippen molar-refractivity contribution in [3.05, 3.63) is 90.4 Å². The van der Waals surface area contributed by atoms with Crippen LogP contribution in [0.2, 0.25) is 0 Å². The van der Waals surface area contributed by atoms with Gasteiger partial charge in [-0.2, -0.15) is 0 Å². The van der Waals surface area contributed by atoms with Crippen molar-refractivity contribution < 1.29 is 9.59 Å². The normalized spacial score (nSPS) is 14.7. The Morgan fingerprint density at radius 1 is 0.903 bits per heavy atom. The van der Waals surface area contributed by atoms with Crippen LogP contribution in [0.1, 0.15) is 15.9 Å². The molecule has 1 aliphatic heterocycles. The summed E-state index contributed by atoms with van der Waals surface area (Å²) < 4.78 is 0. The number of nitrogens with one attached hydrogen (secondary N) is 1. The lowest BCUT2D eigenvalue weighted by atomic mass is 10.0. The summed E-state index contributed by atoms with van der Waals surface area (Å²) in [7, 11) is 0. The molecule has 3 heterocycles. The van der Waals surface area contributed by atoms with Crippen LogP contribution in [-0.2, 0) is 11.2 Å². The highest BCUT2D eigenvalue weighted by molar-refractivity contribution is 5.97. The molecule has 1 saturated heterocycles. The van der Waals surface area contributed by atoms with Gasteiger partial charge >= 0.3 is 0 Å². The summed E-state index contributed by atoms with van der Waals surface area (Å²) in [6.07, 6.45) is 5.33. The van der Waals surface area contributed by atoms with Gasteiger partial charge in [0.15, 0.2) is 0 Å². The Kier molecular flexibility index (Phi) is 6.52. The van der Waals surface area contributed by atoms with Crippen LogP contribution in [0.5, 0.6) is 0 Å². The highest BCUT2D eigenvalue weighted by Crippen LogP contribution is 2.14. The van der Waals surface area contributed by atoms with E-state index in [1.807, 2.05) is 53.4 Å².